The Kier molecular flexibility index (Phi) is 9.82. The van der Waals surface area contributed by atoms with Crippen molar-refractivity contribution >= 4 is 45.7 Å². The van der Waals surface area contributed by atoms with Crippen molar-refractivity contribution < 1.29 is 31.0 Å². The molecule has 0 aromatic heterocycles. The van der Waals surface area contributed by atoms with E-state index >= 15 is 0 Å². The second-order valence-corrected chi connectivity index (χ2v) is 14.0. The molecule has 39 heavy (non-hydrogen) atoms. The molecule has 3 aliphatic rings. The van der Waals surface area contributed by atoms with Gasteiger partial charge < -0.3 is 14.2 Å². The van der Waals surface area contributed by atoms with E-state index in [0.29, 0.717) is 24.7 Å². The van der Waals surface area contributed by atoms with Gasteiger partial charge >= 0.3 is 0 Å². The second-order valence-electron chi connectivity index (χ2n) is 9.06. The third kappa shape index (κ3) is 7.67. The summed E-state index contributed by atoms with van der Waals surface area (Å²) in [6.07, 6.45) is 5.81. The van der Waals surface area contributed by atoms with E-state index < -0.39 is 19.1 Å². The molecule has 0 bridgehead atoms. The molecule has 6 rings (SSSR count). The molecule has 2 N–H and O–H groups in total. The van der Waals surface area contributed by atoms with Gasteiger partial charge in [-0.15, -0.1) is 0 Å². The minimum absolute atomic E-state index is 0.0800. The highest BCUT2D eigenvalue weighted by Crippen LogP contribution is 2.34. The molecule has 8 nitrogen and oxygen atoms in total. The zero-order valence-electron chi connectivity index (χ0n) is 21.1. The molecule has 0 unspecified atom stereocenters. The van der Waals surface area contributed by atoms with E-state index in [1.807, 2.05) is 18.2 Å². The van der Waals surface area contributed by atoms with Crippen molar-refractivity contribution in [3.05, 3.63) is 75.8 Å². The van der Waals surface area contributed by atoms with Gasteiger partial charge in [-0.1, -0.05) is 36.4 Å². The van der Waals surface area contributed by atoms with Crippen LogP contribution in [0.1, 0.15) is 36.0 Å². The Balaban J connectivity index is 0.000000137. The van der Waals surface area contributed by atoms with Gasteiger partial charge in [0.15, 0.2) is 0 Å². The third-order valence-electron chi connectivity index (χ3n) is 6.25. The lowest BCUT2D eigenvalue weighted by molar-refractivity contribution is 0.280. The molecule has 0 fully saturated rings. The lowest BCUT2D eigenvalue weighted by Crippen LogP contribution is -2.17. The number of hydrogen-bond donors (Lipinski definition) is 1. The van der Waals surface area contributed by atoms with Crippen LogP contribution in [0.5, 0.6) is 17.2 Å². The van der Waals surface area contributed by atoms with Crippen LogP contribution in [0.4, 0.5) is 0 Å². The fourth-order valence-corrected chi connectivity index (χ4v) is 6.74. The Morgan fingerprint density at radius 2 is 1.05 bits per heavy atom. The van der Waals surface area contributed by atoms with E-state index in [-0.39, 0.29) is 9.79 Å². The first-order valence-electron chi connectivity index (χ1n) is 12.4. The lowest BCUT2D eigenvalue weighted by Gasteiger charge is -2.19. The molecule has 0 atom stereocenters. The van der Waals surface area contributed by atoms with E-state index in [9.17, 15) is 16.8 Å². The van der Waals surface area contributed by atoms with E-state index in [0.717, 1.165) is 66.5 Å². The van der Waals surface area contributed by atoms with Crippen LogP contribution in [0.3, 0.4) is 0 Å². The molecule has 0 saturated heterocycles. The molecule has 3 aromatic carbocycles. The van der Waals surface area contributed by atoms with Crippen LogP contribution in [-0.2, 0) is 38.3 Å². The van der Waals surface area contributed by atoms with E-state index in [2.05, 4.69) is 28.1 Å². The third-order valence-corrected chi connectivity index (χ3v) is 9.15. The number of ether oxygens (including phenoxy) is 3. The maximum Gasteiger partial charge on any atom is 0.264 e. The summed E-state index contributed by atoms with van der Waals surface area (Å²) >= 11 is 3.46. The Morgan fingerprint density at radius 1 is 0.641 bits per heavy atom. The van der Waals surface area contributed by atoms with Gasteiger partial charge in [-0.2, -0.15) is 0 Å². The molecule has 0 amide bonds. The summed E-state index contributed by atoms with van der Waals surface area (Å²) in [4.78, 5) is 0.172. The Bertz CT molecular complexity index is 1460. The number of sulfonamides is 1. The number of para-hydroxylation sites is 3. The fourth-order valence-electron chi connectivity index (χ4n) is 4.48. The molecule has 3 aliphatic heterocycles. The number of aryl methyl sites for hydroxylation is 3. The second kappa shape index (κ2) is 12.9. The highest BCUT2D eigenvalue weighted by Gasteiger charge is 2.22. The maximum absolute atomic E-state index is 11.2. The highest BCUT2D eigenvalue weighted by atomic mass is 79.9. The monoisotopic (exact) mass is 657 g/mol. The summed E-state index contributed by atoms with van der Waals surface area (Å²) in [6.45, 7) is 1.96. The topological polar surface area (TPSA) is 122 Å². The van der Waals surface area contributed by atoms with Crippen LogP contribution < -0.4 is 19.3 Å². The normalized spacial score (nSPS) is 15.7. The molecular formula is C27H29BrClNO7S2. The molecule has 3 heterocycles. The van der Waals surface area contributed by atoms with Crippen molar-refractivity contribution in [3.8, 4) is 17.2 Å². The Hall–Kier alpha value is -2.31. The lowest BCUT2D eigenvalue weighted by atomic mass is 10.1. The molecule has 3 aromatic rings. The largest absolute Gasteiger partial charge is 0.492 e. The number of halogens is 2. The smallest absolute Gasteiger partial charge is 0.264 e. The molecular weight excluding hydrogens is 630 g/mol. The van der Waals surface area contributed by atoms with Gasteiger partial charge in [-0.3, -0.25) is 0 Å². The average Bonchev–Trinajstić information content (AvgIpc) is 2.92. The summed E-state index contributed by atoms with van der Waals surface area (Å²) in [5.74, 6) is 1.90. The Morgan fingerprint density at radius 3 is 1.51 bits per heavy atom. The summed E-state index contributed by atoms with van der Waals surface area (Å²) < 4.78 is 62.0. The summed E-state index contributed by atoms with van der Waals surface area (Å²) in [5, 5.41) is 5.07. The van der Waals surface area contributed by atoms with E-state index in [4.69, 9.17) is 30.0 Å². The number of primary sulfonamides is 1. The van der Waals surface area contributed by atoms with E-state index in [1.165, 1.54) is 17.7 Å². The predicted octanol–water partition coefficient (Wildman–Crippen LogP) is 5.37. The van der Waals surface area contributed by atoms with Crippen molar-refractivity contribution in [1.29, 1.82) is 0 Å². The molecule has 210 valence electrons. The number of rotatable bonds is 2. The zero-order valence-corrected chi connectivity index (χ0v) is 25.0. The summed E-state index contributed by atoms with van der Waals surface area (Å²) in [6, 6.07) is 16.2. The summed E-state index contributed by atoms with van der Waals surface area (Å²) in [7, 11) is -2.08. The molecule has 0 aliphatic carbocycles. The number of fused-ring (bicyclic) bond motifs is 3. The van der Waals surface area contributed by atoms with Gasteiger partial charge in [0, 0.05) is 10.7 Å². The van der Waals surface area contributed by atoms with Crippen LogP contribution in [0, 0.1) is 0 Å². The van der Waals surface area contributed by atoms with Crippen molar-refractivity contribution in [2.75, 3.05) is 19.8 Å². The minimum Gasteiger partial charge on any atom is -0.492 e. The number of benzene rings is 3. The molecule has 12 heteroatoms. The highest BCUT2D eigenvalue weighted by molar-refractivity contribution is 9.10. The number of hydrogen-bond acceptors (Lipinski definition) is 7. The summed E-state index contributed by atoms with van der Waals surface area (Å²) in [5.41, 5.74) is 3.16. The van der Waals surface area contributed by atoms with Gasteiger partial charge in [-0.25, -0.2) is 22.0 Å². The van der Waals surface area contributed by atoms with Crippen LogP contribution in [0.25, 0.3) is 0 Å². The van der Waals surface area contributed by atoms with Gasteiger partial charge in [-0.05, 0) is 89.3 Å². The first-order valence-corrected chi connectivity index (χ1v) is 17.1. The molecule has 0 radical (unpaired) electrons. The first kappa shape index (κ1) is 29.7. The zero-order chi connectivity index (χ0) is 28.0. The van der Waals surface area contributed by atoms with Crippen molar-refractivity contribution in [2.24, 2.45) is 5.14 Å². The standard InChI is InChI=1S/C9H9BrO.C9H9ClO3S.C9H11NO3S/c10-8-5-1-3-7-4-2-6-11-9(7)8;2*10-14(11,12)8-5-1-3-7-4-2-6-13-9(7)8/h1,3,5H,2,4,6H2;1,3,5H,2,4,6H2;1,3,5H,2,4,6H2,(H2,10,11,12). The van der Waals surface area contributed by atoms with Crippen molar-refractivity contribution in [1.82, 2.24) is 0 Å². The van der Waals surface area contributed by atoms with Gasteiger partial charge in [0.2, 0.25) is 10.0 Å². The van der Waals surface area contributed by atoms with Gasteiger partial charge in [0.05, 0.1) is 24.3 Å². The molecule has 0 saturated carbocycles. The first-order chi connectivity index (χ1) is 18.6. The van der Waals surface area contributed by atoms with Crippen LogP contribution >= 0.6 is 26.6 Å². The number of nitrogens with two attached hydrogens (primary N) is 1. The van der Waals surface area contributed by atoms with Crippen LogP contribution in [-0.4, -0.2) is 36.7 Å². The SMILES string of the molecule is Brc1cccc2c1OCCC2.NS(=O)(=O)c1cccc2c1OCCC2.O=S(=O)(Cl)c1cccc2c1OCCC2. The van der Waals surface area contributed by atoms with Crippen molar-refractivity contribution in [3.63, 3.8) is 0 Å². The maximum atomic E-state index is 11.2. The Labute approximate surface area is 242 Å². The predicted molar refractivity (Wildman–Crippen MR) is 153 cm³/mol. The van der Waals surface area contributed by atoms with Gasteiger partial charge in [0.25, 0.3) is 9.05 Å². The van der Waals surface area contributed by atoms with Crippen LogP contribution in [0.2, 0.25) is 0 Å². The fraction of sp³-hybridized carbons (Fsp3) is 0.333. The van der Waals surface area contributed by atoms with Crippen LogP contribution in [0.15, 0.2) is 68.9 Å². The molecule has 0 spiro atoms. The van der Waals surface area contributed by atoms with Crippen molar-refractivity contribution in [2.45, 2.75) is 48.3 Å². The van der Waals surface area contributed by atoms with Gasteiger partial charge in [0.1, 0.15) is 27.0 Å². The minimum atomic E-state index is -3.70. The van der Waals surface area contributed by atoms with E-state index in [1.54, 1.807) is 12.1 Å². The quantitative estimate of drug-likeness (QED) is 0.368. The average molecular weight is 659 g/mol.